The molecule has 1 aliphatic heterocycles. The minimum atomic E-state index is -1.34. The van der Waals surface area contributed by atoms with Gasteiger partial charge in [-0.1, -0.05) is 29.7 Å². The van der Waals surface area contributed by atoms with Crippen molar-refractivity contribution in [3.8, 4) is 0 Å². The van der Waals surface area contributed by atoms with E-state index in [-0.39, 0.29) is 5.92 Å². The van der Waals surface area contributed by atoms with E-state index in [4.69, 9.17) is 16.4 Å². The first-order valence-corrected chi connectivity index (χ1v) is 8.29. The van der Waals surface area contributed by atoms with E-state index < -0.39 is 11.6 Å². The highest BCUT2D eigenvalue weighted by Gasteiger charge is 2.50. The molecule has 0 bridgehead atoms. The molecule has 1 aliphatic rings. The quantitative estimate of drug-likeness (QED) is 0.786. The van der Waals surface area contributed by atoms with Gasteiger partial charge < -0.3 is 9.94 Å². The minimum absolute atomic E-state index is 0.318. The minimum Gasteiger partial charge on any atom is -0.478 e. The number of aliphatic carboxylic acids is 1. The van der Waals surface area contributed by atoms with E-state index in [0.717, 1.165) is 16.5 Å². The normalized spacial score (nSPS) is 23.7. The van der Waals surface area contributed by atoms with Crippen LogP contribution in [-0.4, -0.2) is 27.4 Å². The van der Waals surface area contributed by atoms with Crippen molar-refractivity contribution >= 4 is 50.1 Å². The summed E-state index contributed by atoms with van der Waals surface area (Å²) in [5.41, 5.74) is 0.893. The van der Waals surface area contributed by atoms with Gasteiger partial charge in [0.1, 0.15) is 5.15 Å². The topological polar surface area (TPSA) is 71.8 Å². The van der Waals surface area contributed by atoms with Crippen LogP contribution in [-0.2, 0) is 9.63 Å². The van der Waals surface area contributed by atoms with Gasteiger partial charge in [-0.25, -0.2) is 9.78 Å². The summed E-state index contributed by atoms with van der Waals surface area (Å²) in [6.45, 7) is 3.48. The standard InChI is InChI=1S/C16H14BrClN2O3/c1-3-10-13(20-23-16(10,2)15(21)22)8-4-5-12-9(6-8)7-11(17)14(18)19-12/h4-7,10H,3H2,1-2H3,(H,21,22). The first kappa shape index (κ1) is 16.2. The molecular weight excluding hydrogens is 384 g/mol. The molecule has 0 amide bonds. The fraction of sp³-hybridized carbons (Fsp3) is 0.312. The third kappa shape index (κ3) is 2.60. The number of hydrogen-bond acceptors (Lipinski definition) is 4. The first-order chi connectivity index (χ1) is 10.9. The van der Waals surface area contributed by atoms with Gasteiger partial charge in [-0.3, -0.25) is 0 Å². The Balaban J connectivity index is 2.07. The summed E-state index contributed by atoms with van der Waals surface area (Å²) >= 11 is 9.37. The summed E-state index contributed by atoms with van der Waals surface area (Å²) in [5.74, 6) is -1.33. The van der Waals surface area contributed by atoms with Gasteiger partial charge in [0.2, 0.25) is 5.60 Å². The predicted molar refractivity (Wildman–Crippen MR) is 91.9 cm³/mol. The number of rotatable bonds is 3. The number of pyridine rings is 1. The zero-order chi connectivity index (χ0) is 16.8. The van der Waals surface area contributed by atoms with Crippen LogP contribution in [0, 0.1) is 5.92 Å². The van der Waals surface area contributed by atoms with Crippen molar-refractivity contribution in [2.24, 2.45) is 11.1 Å². The van der Waals surface area contributed by atoms with E-state index in [9.17, 15) is 9.90 Å². The van der Waals surface area contributed by atoms with E-state index in [1.54, 1.807) is 6.92 Å². The van der Waals surface area contributed by atoms with E-state index in [1.165, 1.54) is 0 Å². The number of nitrogens with zero attached hydrogens (tertiary/aromatic N) is 2. The Morgan fingerprint density at radius 2 is 2.22 bits per heavy atom. The second-order valence-electron chi connectivity index (χ2n) is 5.61. The monoisotopic (exact) mass is 396 g/mol. The number of benzene rings is 1. The smallest absolute Gasteiger partial charge is 0.351 e. The van der Waals surface area contributed by atoms with Gasteiger partial charge >= 0.3 is 5.97 Å². The van der Waals surface area contributed by atoms with Crippen molar-refractivity contribution in [3.05, 3.63) is 39.5 Å². The molecule has 2 aromatic rings. The van der Waals surface area contributed by atoms with Gasteiger partial charge in [0, 0.05) is 10.9 Å². The Hall–Kier alpha value is -1.66. The summed E-state index contributed by atoms with van der Waals surface area (Å²) in [6.07, 6.45) is 0.613. The maximum atomic E-state index is 11.5. The molecule has 2 atom stereocenters. The molecule has 23 heavy (non-hydrogen) atoms. The van der Waals surface area contributed by atoms with Gasteiger partial charge in [-0.2, -0.15) is 0 Å². The molecule has 0 spiro atoms. The average Bonchev–Trinajstić information content (AvgIpc) is 2.86. The number of fused-ring (bicyclic) bond motifs is 1. The Bertz CT molecular complexity index is 839. The number of hydrogen-bond donors (Lipinski definition) is 1. The van der Waals surface area contributed by atoms with Crippen LogP contribution in [0.1, 0.15) is 25.8 Å². The highest BCUT2D eigenvalue weighted by Crippen LogP contribution is 2.36. The van der Waals surface area contributed by atoms with Gasteiger partial charge in [0.25, 0.3) is 0 Å². The lowest BCUT2D eigenvalue weighted by atomic mass is 9.81. The molecule has 2 unspecified atom stereocenters. The molecule has 120 valence electrons. The Kier molecular flexibility index (Phi) is 4.06. The Labute approximate surface area is 146 Å². The lowest BCUT2D eigenvalue weighted by Crippen LogP contribution is -2.43. The van der Waals surface area contributed by atoms with E-state index >= 15 is 0 Å². The molecule has 1 N–H and O–H groups in total. The maximum Gasteiger partial charge on any atom is 0.351 e. The van der Waals surface area contributed by atoms with E-state index in [1.807, 2.05) is 31.2 Å². The van der Waals surface area contributed by atoms with Crippen molar-refractivity contribution < 1.29 is 14.7 Å². The third-order valence-corrected chi connectivity index (χ3v) is 5.30. The van der Waals surface area contributed by atoms with Crippen LogP contribution in [0.15, 0.2) is 33.9 Å². The average molecular weight is 398 g/mol. The number of carbonyl (C=O) groups is 1. The Morgan fingerprint density at radius 1 is 1.48 bits per heavy atom. The molecule has 1 aromatic heterocycles. The van der Waals surface area contributed by atoms with Crippen molar-refractivity contribution in [1.82, 2.24) is 4.98 Å². The largest absolute Gasteiger partial charge is 0.478 e. The van der Waals surface area contributed by atoms with Gasteiger partial charge in [-0.15, -0.1) is 0 Å². The maximum absolute atomic E-state index is 11.5. The summed E-state index contributed by atoms with van der Waals surface area (Å²) < 4.78 is 0.704. The van der Waals surface area contributed by atoms with Crippen LogP contribution < -0.4 is 0 Å². The number of aromatic nitrogens is 1. The summed E-state index contributed by atoms with van der Waals surface area (Å²) in [4.78, 5) is 21.1. The second kappa shape index (κ2) is 5.76. The van der Waals surface area contributed by atoms with Crippen LogP contribution in [0.4, 0.5) is 0 Å². The molecular formula is C16H14BrClN2O3. The highest BCUT2D eigenvalue weighted by atomic mass is 79.9. The SMILES string of the molecule is CCC1C(c2ccc3nc(Cl)c(Br)cc3c2)=NOC1(C)C(=O)O. The van der Waals surface area contributed by atoms with Crippen molar-refractivity contribution in [1.29, 1.82) is 0 Å². The van der Waals surface area contributed by atoms with Crippen LogP contribution in [0.5, 0.6) is 0 Å². The van der Waals surface area contributed by atoms with Gasteiger partial charge in [0.05, 0.1) is 21.6 Å². The van der Waals surface area contributed by atoms with Gasteiger partial charge in [0.15, 0.2) is 0 Å². The van der Waals surface area contributed by atoms with Crippen LogP contribution in [0.3, 0.4) is 0 Å². The molecule has 0 aliphatic carbocycles. The predicted octanol–water partition coefficient (Wildman–Crippen LogP) is 4.25. The van der Waals surface area contributed by atoms with Crippen molar-refractivity contribution in [3.63, 3.8) is 0 Å². The lowest BCUT2D eigenvalue weighted by Gasteiger charge is -2.24. The molecule has 0 saturated carbocycles. The first-order valence-electron chi connectivity index (χ1n) is 7.12. The number of halogens is 2. The number of carboxylic acids is 1. The molecule has 0 saturated heterocycles. The third-order valence-electron chi connectivity index (χ3n) is 4.18. The second-order valence-corrected chi connectivity index (χ2v) is 6.82. The summed E-state index contributed by atoms with van der Waals surface area (Å²) in [6, 6.07) is 7.50. The lowest BCUT2D eigenvalue weighted by molar-refractivity contribution is -0.164. The van der Waals surface area contributed by atoms with Crippen LogP contribution in [0.25, 0.3) is 10.9 Å². The fourth-order valence-corrected chi connectivity index (χ4v) is 3.32. The van der Waals surface area contributed by atoms with E-state index in [0.29, 0.717) is 21.8 Å². The van der Waals surface area contributed by atoms with Crippen molar-refractivity contribution in [2.75, 3.05) is 0 Å². The molecule has 5 nitrogen and oxygen atoms in total. The highest BCUT2D eigenvalue weighted by molar-refractivity contribution is 9.10. The fourth-order valence-electron chi connectivity index (χ4n) is 2.84. The molecule has 7 heteroatoms. The number of carboxylic acid groups (broad SMARTS) is 1. The molecule has 0 fully saturated rings. The zero-order valence-electron chi connectivity index (χ0n) is 12.5. The van der Waals surface area contributed by atoms with Crippen molar-refractivity contribution in [2.45, 2.75) is 25.9 Å². The summed E-state index contributed by atoms with van der Waals surface area (Å²) in [7, 11) is 0. The van der Waals surface area contributed by atoms with Gasteiger partial charge in [-0.05, 0) is 47.5 Å². The molecule has 2 heterocycles. The van der Waals surface area contributed by atoms with E-state index in [2.05, 4.69) is 26.1 Å². The van der Waals surface area contributed by atoms with Crippen LogP contribution in [0.2, 0.25) is 5.15 Å². The number of oxime groups is 1. The Morgan fingerprint density at radius 3 is 2.87 bits per heavy atom. The molecule has 1 aromatic carbocycles. The molecule has 0 radical (unpaired) electrons. The molecule has 3 rings (SSSR count). The zero-order valence-corrected chi connectivity index (χ0v) is 14.8. The van der Waals surface area contributed by atoms with Crippen LogP contribution >= 0.6 is 27.5 Å². The summed E-state index contributed by atoms with van der Waals surface area (Å²) in [5, 5.41) is 14.8.